The van der Waals surface area contributed by atoms with Gasteiger partial charge in [0.05, 0.1) is 23.0 Å². The van der Waals surface area contributed by atoms with E-state index >= 15 is 0 Å². The SMILES string of the molecule is Cn1ncnc1[C@H]1c2n[nH]c(=O)c3cc(F)cc(c23)NC1c1ccc(F)cc1. The van der Waals surface area contributed by atoms with E-state index in [1.54, 1.807) is 23.9 Å². The second-order valence-corrected chi connectivity index (χ2v) is 6.71. The molecule has 0 saturated heterocycles. The molecule has 0 fully saturated rings. The number of nitrogens with zero attached hydrogens (tertiary/aromatic N) is 4. The normalized spacial score (nSPS) is 18.2. The van der Waals surface area contributed by atoms with Crippen molar-refractivity contribution in [2.24, 2.45) is 7.05 Å². The molecule has 5 rings (SSSR count). The topological polar surface area (TPSA) is 88.5 Å². The number of aromatic nitrogens is 5. The van der Waals surface area contributed by atoms with E-state index in [9.17, 15) is 13.6 Å². The van der Waals surface area contributed by atoms with Gasteiger partial charge in [0, 0.05) is 18.1 Å². The summed E-state index contributed by atoms with van der Waals surface area (Å²) >= 11 is 0. The molecule has 9 heteroatoms. The fraction of sp³-hybridized carbons (Fsp3) is 0.158. The van der Waals surface area contributed by atoms with Crippen molar-refractivity contribution < 1.29 is 8.78 Å². The number of nitrogens with one attached hydrogen (secondary N) is 2. The summed E-state index contributed by atoms with van der Waals surface area (Å²) in [6.07, 6.45) is 1.43. The number of anilines is 1. The van der Waals surface area contributed by atoms with Crippen LogP contribution in [0, 0.1) is 11.6 Å². The molecule has 1 aliphatic rings. The average molecular weight is 380 g/mol. The molecule has 2 aromatic carbocycles. The number of hydrogen-bond acceptors (Lipinski definition) is 5. The average Bonchev–Trinajstić information content (AvgIpc) is 3.10. The van der Waals surface area contributed by atoms with Crippen molar-refractivity contribution in [3.63, 3.8) is 0 Å². The molecule has 0 radical (unpaired) electrons. The molecule has 0 bridgehead atoms. The van der Waals surface area contributed by atoms with Gasteiger partial charge in [-0.1, -0.05) is 12.1 Å². The highest BCUT2D eigenvalue weighted by Crippen LogP contribution is 2.45. The number of H-pyrrole nitrogens is 1. The lowest BCUT2D eigenvalue weighted by molar-refractivity contribution is 0.562. The van der Waals surface area contributed by atoms with E-state index in [1.807, 2.05) is 0 Å². The molecule has 7 nitrogen and oxygen atoms in total. The molecule has 0 amide bonds. The lowest BCUT2D eigenvalue weighted by atomic mass is 9.83. The molecule has 140 valence electrons. The zero-order valence-electron chi connectivity index (χ0n) is 14.6. The Morgan fingerprint density at radius 2 is 1.89 bits per heavy atom. The second-order valence-electron chi connectivity index (χ2n) is 6.71. The van der Waals surface area contributed by atoms with Gasteiger partial charge in [-0.15, -0.1) is 0 Å². The Bertz CT molecular complexity index is 1260. The standard InChI is InChI=1S/C19H14F2N6O/c1-27-18(22-8-23-27)15-16(9-2-4-10(20)5-3-9)24-13-7-11(21)6-12-14(13)17(15)25-26-19(12)28/h2-8,15-16,24H,1H3,(H,26,28)/t15-,16?/m1/s1. The molecular weight excluding hydrogens is 366 g/mol. The monoisotopic (exact) mass is 380 g/mol. The number of hydrogen-bond donors (Lipinski definition) is 2. The van der Waals surface area contributed by atoms with Gasteiger partial charge in [0.25, 0.3) is 5.56 Å². The molecule has 2 N–H and O–H groups in total. The largest absolute Gasteiger partial charge is 0.376 e. The van der Waals surface area contributed by atoms with Crippen LogP contribution in [0.15, 0.2) is 47.5 Å². The van der Waals surface area contributed by atoms with Crippen molar-refractivity contribution in [2.45, 2.75) is 12.0 Å². The summed E-state index contributed by atoms with van der Waals surface area (Å²) in [4.78, 5) is 16.6. The molecule has 0 aliphatic carbocycles. The van der Waals surface area contributed by atoms with Crippen molar-refractivity contribution in [1.82, 2.24) is 25.0 Å². The third-order valence-corrected chi connectivity index (χ3v) is 5.07. The molecule has 4 aromatic rings. The molecule has 2 atom stereocenters. The maximum atomic E-state index is 14.1. The fourth-order valence-corrected chi connectivity index (χ4v) is 3.84. The summed E-state index contributed by atoms with van der Waals surface area (Å²) in [6.45, 7) is 0. The van der Waals surface area contributed by atoms with Gasteiger partial charge in [-0.2, -0.15) is 10.2 Å². The van der Waals surface area contributed by atoms with E-state index in [0.29, 0.717) is 22.6 Å². The molecule has 1 aliphatic heterocycles. The van der Waals surface area contributed by atoms with Crippen molar-refractivity contribution in [3.8, 4) is 0 Å². The van der Waals surface area contributed by atoms with Crippen LogP contribution in [0.5, 0.6) is 0 Å². The van der Waals surface area contributed by atoms with Crippen LogP contribution in [0.25, 0.3) is 10.8 Å². The van der Waals surface area contributed by atoms with Crippen LogP contribution in [-0.4, -0.2) is 25.0 Å². The summed E-state index contributed by atoms with van der Waals surface area (Å²) in [6, 6.07) is 8.14. The van der Waals surface area contributed by atoms with Gasteiger partial charge >= 0.3 is 0 Å². The van der Waals surface area contributed by atoms with Gasteiger partial charge in [-0.3, -0.25) is 9.48 Å². The Kier molecular flexibility index (Phi) is 3.51. The summed E-state index contributed by atoms with van der Waals surface area (Å²) < 4.78 is 29.2. The molecular formula is C19H14F2N6O. The molecule has 1 unspecified atom stereocenters. The first-order valence-electron chi connectivity index (χ1n) is 8.60. The number of benzene rings is 2. The van der Waals surface area contributed by atoms with Crippen molar-refractivity contribution in [2.75, 3.05) is 5.32 Å². The first kappa shape index (κ1) is 16.5. The highest BCUT2D eigenvalue weighted by molar-refractivity contribution is 5.97. The highest BCUT2D eigenvalue weighted by atomic mass is 19.1. The minimum absolute atomic E-state index is 0.206. The smallest absolute Gasteiger partial charge is 0.272 e. The van der Waals surface area contributed by atoms with Gasteiger partial charge in [-0.25, -0.2) is 18.9 Å². The Balaban J connectivity index is 1.82. The van der Waals surface area contributed by atoms with Crippen LogP contribution in [0.2, 0.25) is 0 Å². The Morgan fingerprint density at radius 3 is 2.61 bits per heavy atom. The van der Waals surface area contributed by atoms with Crippen LogP contribution >= 0.6 is 0 Å². The molecule has 0 spiro atoms. The number of aromatic amines is 1. The van der Waals surface area contributed by atoms with E-state index in [0.717, 1.165) is 5.56 Å². The van der Waals surface area contributed by atoms with Crippen LogP contribution in [0.1, 0.15) is 29.0 Å². The van der Waals surface area contributed by atoms with Crippen molar-refractivity contribution in [3.05, 3.63) is 81.8 Å². The maximum Gasteiger partial charge on any atom is 0.272 e. The third kappa shape index (κ3) is 2.39. The highest BCUT2D eigenvalue weighted by Gasteiger charge is 2.37. The maximum absolute atomic E-state index is 14.1. The zero-order chi connectivity index (χ0) is 19.4. The summed E-state index contributed by atoms with van der Waals surface area (Å²) in [5, 5.41) is 14.9. The number of aryl methyl sites for hydroxylation is 1. The predicted molar refractivity (Wildman–Crippen MR) is 97.9 cm³/mol. The van der Waals surface area contributed by atoms with E-state index in [1.165, 1.54) is 30.6 Å². The fourth-order valence-electron chi connectivity index (χ4n) is 3.84. The van der Waals surface area contributed by atoms with Crippen LogP contribution in [0.4, 0.5) is 14.5 Å². The van der Waals surface area contributed by atoms with Crippen LogP contribution in [-0.2, 0) is 7.05 Å². The van der Waals surface area contributed by atoms with Gasteiger partial charge < -0.3 is 5.32 Å². The van der Waals surface area contributed by atoms with Gasteiger partial charge in [0.1, 0.15) is 23.8 Å². The van der Waals surface area contributed by atoms with E-state index in [2.05, 4.69) is 25.6 Å². The molecule has 28 heavy (non-hydrogen) atoms. The summed E-state index contributed by atoms with van der Waals surface area (Å²) in [5.74, 6) is -0.716. The lowest BCUT2D eigenvalue weighted by Gasteiger charge is -2.33. The Morgan fingerprint density at radius 1 is 1.11 bits per heavy atom. The van der Waals surface area contributed by atoms with Gasteiger partial charge in [0.2, 0.25) is 0 Å². The Labute approximate surface area is 157 Å². The van der Waals surface area contributed by atoms with E-state index in [4.69, 9.17) is 0 Å². The lowest BCUT2D eigenvalue weighted by Crippen LogP contribution is -2.30. The van der Waals surface area contributed by atoms with E-state index < -0.39 is 23.3 Å². The minimum Gasteiger partial charge on any atom is -0.376 e. The van der Waals surface area contributed by atoms with Crippen LogP contribution < -0.4 is 10.9 Å². The third-order valence-electron chi connectivity index (χ3n) is 5.07. The van der Waals surface area contributed by atoms with Gasteiger partial charge in [0.15, 0.2) is 0 Å². The molecule has 3 heterocycles. The zero-order valence-corrected chi connectivity index (χ0v) is 14.6. The summed E-state index contributed by atoms with van der Waals surface area (Å²) in [5.41, 5.74) is 1.30. The first-order valence-corrected chi connectivity index (χ1v) is 8.60. The Hall–Kier alpha value is -3.62. The summed E-state index contributed by atoms with van der Waals surface area (Å²) in [7, 11) is 1.76. The number of rotatable bonds is 2. The van der Waals surface area contributed by atoms with Crippen molar-refractivity contribution >= 4 is 16.5 Å². The number of halogens is 2. The van der Waals surface area contributed by atoms with E-state index in [-0.39, 0.29) is 11.2 Å². The van der Waals surface area contributed by atoms with Gasteiger partial charge in [-0.05, 0) is 29.8 Å². The van der Waals surface area contributed by atoms with Crippen molar-refractivity contribution in [1.29, 1.82) is 0 Å². The molecule has 0 saturated carbocycles. The second kappa shape index (κ2) is 5.95. The van der Waals surface area contributed by atoms with Crippen LogP contribution in [0.3, 0.4) is 0 Å². The molecule has 2 aromatic heterocycles. The quantitative estimate of drug-likeness (QED) is 0.558. The predicted octanol–water partition coefficient (Wildman–Crippen LogP) is 2.63. The first-order chi connectivity index (χ1) is 13.5. The minimum atomic E-state index is -0.535.